The van der Waals surface area contributed by atoms with Crippen molar-refractivity contribution in [3.63, 3.8) is 0 Å². The van der Waals surface area contributed by atoms with Crippen LogP contribution < -0.4 is 15.4 Å². The van der Waals surface area contributed by atoms with Gasteiger partial charge in [-0.05, 0) is 76.7 Å². The molecule has 3 rings (SSSR count). The van der Waals surface area contributed by atoms with Crippen LogP contribution in [-0.2, 0) is 9.59 Å². The summed E-state index contributed by atoms with van der Waals surface area (Å²) in [6.07, 6.45) is 1.47. The maximum absolute atomic E-state index is 12.4. The van der Waals surface area contributed by atoms with Crippen LogP contribution in [0.3, 0.4) is 0 Å². The fourth-order valence-corrected chi connectivity index (χ4v) is 3.35. The van der Waals surface area contributed by atoms with E-state index in [0.717, 1.165) is 9.26 Å². The van der Waals surface area contributed by atoms with E-state index in [4.69, 9.17) is 16.3 Å². The molecule has 0 heterocycles. The number of halogens is 2. The number of hydrogen-bond acceptors (Lipinski definition) is 4. The van der Waals surface area contributed by atoms with E-state index in [-0.39, 0.29) is 18.1 Å². The number of carbonyl (C=O) groups excluding carboxylic acids is 2. The Bertz CT molecular complexity index is 1200. The maximum Gasteiger partial charge on any atom is 0.266 e. The van der Waals surface area contributed by atoms with Gasteiger partial charge in [-0.1, -0.05) is 41.9 Å². The topological polar surface area (TPSA) is 91.2 Å². The molecule has 0 bridgehead atoms. The van der Waals surface area contributed by atoms with Crippen molar-refractivity contribution in [2.24, 2.45) is 0 Å². The van der Waals surface area contributed by atoms with Gasteiger partial charge < -0.3 is 15.4 Å². The van der Waals surface area contributed by atoms with Crippen molar-refractivity contribution >= 4 is 63.5 Å². The monoisotopic (exact) mass is 557 g/mol. The third-order valence-electron chi connectivity index (χ3n) is 4.16. The normalized spacial score (nSPS) is 10.7. The van der Waals surface area contributed by atoms with Crippen LogP contribution in [0.4, 0.5) is 11.4 Å². The lowest BCUT2D eigenvalue weighted by atomic mass is 10.1. The fraction of sp³-hybridized carbons (Fsp3) is 0.0417. The summed E-state index contributed by atoms with van der Waals surface area (Å²) in [6, 6.07) is 22.7. The molecule has 0 spiro atoms. The predicted molar refractivity (Wildman–Crippen MR) is 133 cm³/mol. The Labute approximate surface area is 204 Å². The highest BCUT2D eigenvalue weighted by atomic mass is 127. The van der Waals surface area contributed by atoms with Crippen LogP contribution in [0.15, 0.2) is 78.4 Å². The van der Waals surface area contributed by atoms with Gasteiger partial charge in [0, 0.05) is 14.3 Å². The number of benzene rings is 3. The Morgan fingerprint density at radius 3 is 2.47 bits per heavy atom. The number of rotatable bonds is 7. The molecular formula is C24H17ClIN3O3. The SMILES string of the molecule is N#C/C(=C\c1ccc(OCC(=O)Nc2ccccc2I)cc1)C(=O)Nc1cccc(Cl)c1. The summed E-state index contributed by atoms with van der Waals surface area (Å²) in [5.41, 5.74) is 1.80. The van der Waals surface area contributed by atoms with E-state index in [0.29, 0.717) is 22.0 Å². The van der Waals surface area contributed by atoms with Gasteiger partial charge in [0.1, 0.15) is 17.4 Å². The minimum Gasteiger partial charge on any atom is -0.484 e. The second-order valence-corrected chi connectivity index (χ2v) is 8.12. The number of nitriles is 1. The molecule has 160 valence electrons. The molecule has 0 aromatic heterocycles. The minimum atomic E-state index is -0.540. The molecule has 0 radical (unpaired) electrons. The zero-order valence-corrected chi connectivity index (χ0v) is 19.6. The lowest BCUT2D eigenvalue weighted by molar-refractivity contribution is -0.118. The summed E-state index contributed by atoms with van der Waals surface area (Å²) in [5.74, 6) is -0.327. The number of para-hydroxylation sites is 1. The number of nitrogens with zero attached hydrogens (tertiary/aromatic N) is 1. The van der Waals surface area contributed by atoms with E-state index in [2.05, 4.69) is 33.2 Å². The molecule has 2 N–H and O–H groups in total. The molecule has 0 aliphatic carbocycles. The molecule has 2 amide bonds. The number of nitrogens with one attached hydrogen (secondary N) is 2. The Hall–Kier alpha value is -3.35. The average Bonchev–Trinajstić information content (AvgIpc) is 2.78. The van der Waals surface area contributed by atoms with Crippen molar-refractivity contribution in [1.82, 2.24) is 0 Å². The zero-order valence-electron chi connectivity index (χ0n) is 16.6. The average molecular weight is 558 g/mol. The van der Waals surface area contributed by atoms with Gasteiger partial charge in [0.05, 0.1) is 5.69 Å². The van der Waals surface area contributed by atoms with Gasteiger partial charge in [-0.15, -0.1) is 0 Å². The summed E-state index contributed by atoms with van der Waals surface area (Å²) in [7, 11) is 0. The second-order valence-electron chi connectivity index (χ2n) is 6.52. The molecule has 0 saturated heterocycles. The van der Waals surface area contributed by atoms with Crippen LogP contribution in [-0.4, -0.2) is 18.4 Å². The molecule has 3 aromatic rings. The standard InChI is InChI=1S/C24H17ClIN3O3/c25-18-4-3-5-19(13-18)28-24(31)17(14-27)12-16-8-10-20(11-9-16)32-15-23(30)29-22-7-2-1-6-21(22)26/h1-13H,15H2,(H,28,31)(H,29,30)/b17-12+. The Morgan fingerprint density at radius 1 is 1.03 bits per heavy atom. The number of hydrogen-bond donors (Lipinski definition) is 2. The first-order valence-electron chi connectivity index (χ1n) is 9.40. The molecule has 32 heavy (non-hydrogen) atoms. The van der Waals surface area contributed by atoms with Gasteiger partial charge in [-0.3, -0.25) is 9.59 Å². The van der Waals surface area contributed by atoms with Crippen molar-refractivity contribution in [2.75, 3.05) is 17.2 Å². The number of anilines is 2. The number of ether oxygens (including phenoxy) is 1. The van der Waals surface area contributed by atoms with E-state index < -0.39 is 5.91 Å². The number of amides is 2. The van der Waals surface area contributed by atoms with Crippen molar-refractivity contribution < 1.29 is 14.3 Å². The first-order valence-corrected chi connectivity index (χ1v) is 10.9. The first kappa shape index (κ1) is 23.3. The lowest BCUT2D eigenvalue weighted by Gasteiger charge is -2.09. The predicted octanol–water partition coefficient (Wildman–Crippen LogP) is 5.51. The molecule has 3 aromatic carbocycles. The van der Waals surface area contributed by atoms with Crippen LogP contribution >= 0.6 is 34.2 Å². The Morgan fingerprint density at radius 2 is 1.78 bits per heavy atom. The van der Waals surface area contributed by atoms with E-state index in [1.807, 2.05) is 30.3 Å². The molecule has 0 atom stereocenters. The molecular weight excluding hydrogens is 541 g/mol. The summed E-state index contributed by atoms with van der Waals surface area (Å²) in [5, 5.41) is 15.3. The smallest absolute Gasteiger partial charge is 0.266 e. The third-order valence-corrected chi connectivity index (χ3v) is 5.33. The quantitative estimate of drug-likeness (QED) is 0.228. The summed E-state index contributed by atoms with van der Waals surface area (Å²) in [6.45, 7) is -0.147. The summed E-state index contributed by atoms with van der Waals surface area (Å²) < 4.78 is 6.44. The van der Waals surface area contributed by atoms with Crippen LogP contribution in [0.25, 0.3) is 6.08 Å². The highest BCUT2D eigenvalue weighted by molar-refractivity contribution is 14.1. The van der Waals surface area contributed by atoms with E-state index >= 15 is 0 Å². The van der Waals surface area contributed by atoms with Crippen molar-refractivity contribution in [3.05, 3.63) is 92.5 Å². The molecule has 0 unspecified atom stereocenters. The Kier molecular flexibility index (Phi) is 8.25. The lowest BCUT2D eigenvalue weighted by Crippen LogP contribution is -2.20. The largest absolute Gasteiger partial charge is 0.484 e. The van der Waals surface area contributed by atoms with Crippen LogP contribution in [0.5, 0.6) is 5.75 Å². The van der Waals surface area contributed by atoms with Gasteiger partial charge in [0.2, 0.25) is 0 Å². The van der Waals surface area contributed by atoms with Crippen LogP contribution in [0, 0.1) is 14.9 Å². The highest BCUT2D eigenvalue weighted by Crippen LogP contribution is 2.19. The van der Waals surface area contributed by atoms with Gasteiger partial charge in [0.25, 0.3) is 11.8 Å². The number of carbonyl (C=O) groups is 2. The third kappa shape index (κ3) is 6.83. The van der Waals surface area contributed by atoms with Crippen LogP contribution in [0.2, 0.25) is 5.02 Å². The highest BCUT2D eigenvalue weighted by Gasteiger charge is 2.10. The van der Waals surface area contributed by atoms with Crippen molar-refractivity contribution in [2.45, 2.75) is 0 Å². The van der Waals surface area contributed by atoms with Gasteiger partial charge >= 0.3 is 0 Å². The molecule has 0 fully saturated rings. The van der Waals surface area contributed by atoms with E-state index in [1.54, 1.807) is 48.5 Å². The molecule has 8 heteroatoms. The summed E-state index contributed by atoms with van der Waals surface area (Å²) >= 11 is 8.05. The van der Waals surface area contributed by atoms with E-state index in [9.17, 15) is 14.9 Å². The minimum absolute atomic E-state index is 0.0597. The first-order chi connectivity index (χ1) is 15.4. The molecule has 0 aliphatic rings. The van der Waals surface area contributed by atoms with Crippen molar-refractivity contribution in [1.29, 1.82) is 5.26 Å². The van der Waals surface area contributed by atoms with Gasteiger partial charge in [0.15, 0.2) is 6.61 Å². The summed E-state index contributed by atoms with van der Waals surface area (Å²) in [4.78, 5) is 24.5. The van der Waals surface area contributed by atoms with Crippen LogP contribution in [0.1, 0.15) is 5.56 Å². The van der Waals surface area contributed by atoms with Gasteiger partial charge in [-0.2, -0.15) is 5.26 Å². The molecule has 0 aliphatic heterocycles. The van der Waals surface area contributed by atoms with Gasteiger partial charge in [-0.25, -0.2) is 0 Å². The Balaban J connectivity index is 1.58. The maximum atomic E-state index is 12.4. The van der Waals surface area contributed by atoms with E-state index in [1.165, 1.54) is 6.08 Å². The second kappa shape index (κ2) is 11.3. The zero-order chi connectivity index (χ0) is 22.9. The molecule has 0 saturated carbocycles. The fourth-order valence-electron chi connectivity index (χ4n) is 2.64. The van der Waals surface area contributed by atoms with Crippen molar-refractivity contribution in [3.8, 4) is 11.8 Å². The molecule has 6 nitrogen and oxygen atoms in total.